The molecule has 166 valence electrons. The van der Waals surface area contributed by atoms with Crippen LogP contribution in [0.4, 0.5) is 5.95 Å². The number of thioether (sulfide) groups is 1. The quantitative estimate of drug-likeness (QED) is 0.379. The van der Waals surface area contributed by atoms with E-state index < -0.39 is 0 Å². The molecule has 2 aromatic heterocycles. The van der Waals surface area contributed by atoms with Crippen LogP contribution in [0, 0.1) is 0 Å². The molecule has 1 saturated heterocycles. The Labute approximate surface area is 193 Å². The number of nitrogens with zero attached hydrogens (tertiary/aromatic N) is 6. The molecule has 0 bridgehead atoms. The Morgan fingerprint density at radius 1 is 1.22 bits per heavy atom. The second-order valence-electron chi connectivity index (χ2n) is 7.61. The first-order valence-electron chi connectivity index (χ1n) is 10.6. The van der Waals surface area contributed by atoms with E-state index in [1.165, 1.54) is 11.8 Å². The summed E-state index contributed by atoms with van der Waals surface area (Å²) in [5, 5.41) is 4.31. The van der Waals surface area contributed by atoms with Gasteiger partial charge in [0, 0.05) is 43.5 Å². The fourth-order valence-electron chi connectivity index (χ4n) is 3.40. The van der Waals surface area contributed by atoms with Gasteiger partial charge < -0.3 is 14.5 Å². The highest BCUT2D eigenvalue weighted by Gasteiger charge is 2.19. The van der Waals surface area contributed by atoms with Gasteiger partial charge in [-0.1, -0.05) is 42.6 Å². The van der Waals surface area contributed by atoms with Gasteiger partial charge in [0.05, 0.1) is 16.8 Å². The normalized spacial score (nSPS) is 14.8. The molecule has 32 heavy (non-hydrogen) atoms. The molecule has 0 spiro atoms. The monoisotopic (exact) mass is 448 g/mol. The first-order valence-corrected chi connectivity index (χ1v) is 11.5. The second-order valence-corrected chi connectivity index (χ2v) is 8.78. The first kappa shape index (κ1) is 22.1. The first-order chi connectivity index (χ1) is 15.6. The molecule has 0 N–H and O–H groups in total. The van der Waals surface area contributed by atoms with E-state index in [1.807, 2.05) is 60.4 Å². The van der Waals surface area contributed by atoms with Crippen molar-refractivity contribution in [1.82, 2.24) is 24.6 Å². The number of aromatic nitrogens is 4. The highest BCUT2D eigenvalue weighted by Crippen LogP contribution is 2.34. The number of hydrogen-bond donors (Lipinski definition) is 0. The van der Waals surface area contributed by atoms with Crippen molar-refractivity contribution in [3.8, 4) is 11.6 Å². The van der Waals surface area contributed by atoms with Crippen LogP contribution in [-0.2, 0) is 6.61 Å². The molecule has 3 heterocycles. The van der Waals surface area contributed by atoms with Crippen LogP contribution in [0.1, 0.15) is 12.5 Å². The Kier molecular flexibility index (Phi) is 7.24. The highest BCUT2D eigenvalue weighted by atomic mass is 32.2. The van der Waals surface area contributed by atoms with Crippen LogP contribution in [0.15, 0.2) is 77.5 Å². The number of allylic oxidation sites excluding steroid dienone is 2. The minimum Gasteiger partial charge on any atom is -0.472 e. The van der Waals surface area contributed by atoms with Gasteiger partial charge in [-0.25, -0.2) is 9.67 Å². The van der Waals surface area contributed by atoms with Gasteiger partial charge in [0.1, 0.15) is 6.61 Å². The van der Waals surface area contributed by atoms with Crippen molar-refractivity contribution in [2.24, 2.45) is 0 Å². The number of likely N-dealkylation sites (N-methyl/N-ethyl adjacent to an activating group) is 1. The number of piperazine rings is 1. The lowest BCUT2D eigenvalue weighted by molar-refractivity contribution is 0.283. The molecule has 7 nitrogen and oxygen atoms in total. The zero-order valence-electron chi connectivity index (χ0n) is 18.5. The van der Waals surface area contributed by atoms with Crippen LogP contribution in [0.25, 0.3) is 5.69 Å². The number of benzene rings is 1. The number of hydrogen-bond acceptors (Lipinski definition) is 7. The molecule has 1 aliphatic heterocycles. The predicted molar refractivity (Wildman–Crippen MR) is 129 cm³/mol. The van der Waals surface area contributed by atoms with Gasteiger partial charge in [-0.3, -0.25) is 0 Å². The molecule has 4 rings (SSSR count). The highest BCUT2D eigenvalue weighted by molar-refractivity contribution is 8.03. The van der Waals surface area contributed by atoms with E-state index in [0.717, 1.165) is 47.2 Å². The zero-order chi connectivity index (χ0) is 22.3. The van der Waals surface area contributed by atoms with Gasteiger partial charge in [0.15, 0.2) is 0 Å². The number of anilines is 1. The van der Waals surface area contributed by atoms with Gasteiger partial charge in [0.25, 0.3) is 0 Å². The summed E-state index contributed by atoms with van der Waals surface area (Å²) in [6.07, 6.45) is 9.47. The SMILES string of the molecule is C=C(/C=C\C)Sc1cnc(N2CCN(C)CC2)nc1OCc1cccc(-n2cccn2)c1. The maximum Gasteiger partial charge on any atom is 0.232 e. The van der Waals surface area contributed by atoms with E-state index in [4.69, 9.17) is 9.72 Å². The summed E-state index contributed by atoms with van der Waals surface area (Å²) in [4.78, 5) is 15.7. The minimum atomic E-state index is 0.401. The van der Waals surface area contributed by atoms with Crippen LogP contribution in [0.3, 0.4) is 0 Å². The van der Waals surface area contributed by atoms with Crippen molar-refractivity contribution in [1.29, 1.82) is 0 Å². The number of rotatable bonds is 8. The molecular weight excluding hydrogens is 420 g/mol. The van der Waals surface area contributed by atoms with E-state index in [-0.39, 0.29) is 0 Å². The summed E-state index contributed by atoms with van der Waals surface area (Å²) in [5.41, 5.74) is 2.04. The van der Waals surface area contributed by atoms with E-state index in [9.17, 15) is 0 Å². The van der Waals surface area contributed by atoms with Crippen LogP contribution in [0.2, 0.25) is 0 Å². The Bertz CT molecular complexity index is 1070. The van der Waals surface area contributed by atoms with Crippen molar-refractivity contribution in [2.75, 3.05) is 38.1 Å². The molecule has 0 saturated carbocycles. The molecule has 0 aliphatic carbocycles. The second kappa shape index (κ2) is 10.5. The summed E-state index contributed by atoms with van der Waals surface area (Å²) < 4.78 is 8.06. The summed E-state index contributed by atoms with van der Waals surface area (Å²) >= 11 is 1.51. The lowest BCUT2D eigenvalue weighted by atomic mass is 10.2. The maximum absolute atomic E-state index is 6.22. The Morgan fingerprint density at radius 3 is 2.81 bits per heavy atom. The van der Waals surface area contributed by atoms with Gasteiger partial charge in [-0.05, 0) is 37.7 Å². The van der Waals surface area contributed by atoms with Gasteiger partial charge in [-0.2, -0.15) is 10.1 Å². The van der Waals surface area contributed by atoms with E-state index in [1.54, 1.807) is 6.20 Å². The standard InChI is InChI=1S/C24H28N6OS/c1-4-7-19(2)32-22-17-25-24(29-14-12-28(3)13-15-29)27-23(22)31-18-20-8-5-9-21(16-20)30-11-6-10-26-30/h4-11,16-17H,2,12-15,18H2,1,3H3/b7-4-. The van der Waals surface area contributed by atoms with E-state index in [2.05, 4.69) is 39.6 Å². The average Bonchev–Trinajstić information content (AvgIpc) is 3.34. The fourth-order valence-corrected chi connectivity index (χ4v) is 4.19. The van der Waals surface area contributed by atoms with E-state index in [0.29, 0.717) is 18.4 Å². The lowest BCUT2D eigenvalue weighted by Gasteiger charge is -2.32. The maximum atomic E-state index is 6.22. The third-order valence-electron chi connectivity index (χ3n) is 5.14. The Morgan fingerprint density at radius 2 is 2.06 bits per heavy atom. The van der Waals surface area contributed by atoms with Crippen LogP contribution >= 0.6 is 11.8 Å². The van der Waals surface area contributed by atoms with Crippen molar-refractivity contribution < 1.29 is 4.74 Å². The molecule has 0 atom stereocenters. The molecule has 1 aromatic carbocycles. The smallest absolute Gasteiger partial charge is 0.232 e. The molecular formula is C24H28N6OS. The molecule has 0 radical (unpaired) electrons. The third-order valence-corrected chi connectivity index (χ3v) is 6.04. The van der Waals surface area contributed by atoms with Crippen molar-refractivity contribution >= 4 is 17.7 Å². The lowest BCUT2D eigenvalue weighted by Crippen LogP contribution is -2.45. The zero-order valence-corrected chi connectivity index (χ0v) is 19.3. The summed E-state index contributed by atoms with van der Waals surface area (Å²) in [6.45, 7) is 10.3. The number of ether oxygens (including phenoxy) is 1. The minimum absolute atomic E-state index is 0.401. The van der Waals surface area contributed by atoms with Crippen molar-refractivity contribution in [3.63, 3.8) is 0 Å². The molecule has 0 unspecified atom stereocenters. The fraction of sp³-hybridized carbons (Fsp3) is 0.292. The van der Waals surface area contributed by atoms with Crippen molar-refractivity contribution in [3.05, 3.63) is 78.1 Å². The summed E-state index contributed by atoms with van der Waals surface area (Å²) in [6, 6.07) is 10.1. The van der Waals surface area contributed by atoms with Crippen LogP contribution < -0.4 is 9.64 Å². The summed E-state index contributed by atoms with van der Waals surface area (Å²) in [5.74, 6) is 1.29. The molecule has 1 fully saturated rings. The average molecular weight is 449 g/mol. The molecule has 8 heteroatoms. The van der Waals surface area contributed by atoms with Crippen LogP contribution in [-0.4, -0.2) is 57.9 Å². The van der Waals surface area contributed by atoms with Crippen LogP contribution in [0.5, 0.6) is 5.88 Å². The van der Waals surface area contributed by atoms with Gasteiger partial charge in [-0.15, -0.1) is 0 Å². The third kappa shape index (κ3) is 5.57. The molecule has 1 aliphatic rings. The van der Waals surface area contributed by atoms with Gasteiger partial charge >= 0.3 is 0 Å². The molecule has 0 amide bonds. The van der Waals surface area contributed by atoms with E-state index >= 15 is 0 Å². The van der Waals surface area contributed by atoms with Crippen molar-refractivity contribution in [2.45, 2.75) is 18.4 Å². The predicted octanol–water partition coefficient (Wildman–Crippen LogP) is 4.18. The Hall–Kier alpha value is -3.10. The largest absolute Gasteiger partial charge is 0.472 e. The molecule has 3 aromatic rings. The van der Waals surface area contributed by atoms with Gasteiger partial charge in [0.2, 0.25) is 11.8 Å². The summed E-state index contributed by atoms with van der Waals surface area (Å²) in [7, 11) is 2.14. The topological polar surface area (TPSA) is 59.3 Å². The Balaban J connectivity index is 1.55.